The second kappa shape index (κ2) is 7.11. The van der Waals surface area contributed by atoms with E-state index >= 15 is 0 Å². The third kappa shape index (κ3) is 3.98. The van der Waals surface area contributed by atoms with Gasteiger partial charge in [-0.2, -0.15) is 0 Å². The van der Waals surface area contributed by atoms with Crippen molar-refractivity contribution in [2.75, 3.05) is 19.6 Å². The summed E-state index contributed by atoms with van der Waals surface area (Å²) in [5, 5.41) is 12.1. The van der Waals surface area contributed by atoms with Crippen LogP contribution in [0.25, 0.3) is 0 Å². The molecule has 2 amide bonds. The number of amides is 2. The molecule has 0 spiro atoms. The van der Waals surface area contributed by atoms with Crippen LogP contribution in [0.5, 0.6) is 0 Å². The van der Waals surface area contributed by atoms with Crippen molar-refractivity contribution in [3.05, 3.63) is 10.6 Å². The molecule has 0 saturated heterocycles. The number of hydrogen-bond acceptors (Lipinski definition) is 2. The molecule has 0 aromatic heterocycles. The van der Waals surface area contributed by atoms with Crippen molar-refractivity contribution in [3.8, 4) is 0 Å². The molecule has 1 aliphatic carbocycles. The van der Waals surface area contributed by atoms with Crippen LogP contribution in [0.3, 0.4) is 0 Å². The van der Waals surface area contributed by atoms with E-state index in [1.807, 2.05) is 6.08 Å². The number of rotatable bonds is 3. The number of carbonyl (C=O) groups excluding carboxylic acids is 1. The summed E-state index contributed by atoms with van der Waals surface area (Å²) in [5.74, 6) is -0.967. The summed E-state index contributed by atoms with van der Waals surface area (Å²) in [5.41, 5.74) is 0. The minimum absolute atomic E-state index is 0.0669. The van der Waals surface area contributed by atoms with E-state index in [1.165, 1.54) is 0 Å². The number of urea groups is 1. The first-order valence-electron chi connectivity index (χ1n) is 7.18. The second-order valence-electron chi connectivity index (χ2n) is 5.52. The number of nitrogens with zero attached hydrogens (tertiary/aromatic N) is 1. The van der Waals surface area contributed by atoms with Crippen LogP contribution in [-0.4, -0.2) is 41.6 Å². The van der Waals surface area contributed by atoms with E-state index < -0.39 is 5.97 Å². The zero-order valence-corrected chi connectivity index (χ0v) is 13.1. The van der Waals surface area contributed by atoms with Crippen LogP contribution >= 0.6 is 15.9 Å². The molecule has 1 fully saturated rings. The standard InChI is InChI=1S/C14H21BrN2O3/c15-11-5-7-17(8-6-11)14(20)16-9-10-3-1-2-4-12(10)13(18)19/h5,10,12H,1-4,6-9H2,(H,16,20)(H,18,19)/t10-,12-/m1/s1. The van der Waals surface area contributed by atoms with Crippen LogP contribution in [0.15, 0.2) is 10.6 Å². The first kappa shape index (κ1) is 15.4. The van der Waals surface area contributed by atoms with Crippen molar-refractivity contribution in [1.82, 2.24) is 10.2 Å². The maximum absolute atomic E-state index is 12.0. The van der Waals surface area contributed by atoms with Gasteiger partial charge in [0, 0.05) is 19.6 Å². The van der Waals surface area contributed by atoms with Gasteiger partial charge in [-0.3, -0.25) is 4.79 Å². The third-order valence-electron chi connectivity index (χ3n) is 4.18. The lowest BCUT2D eigenvalue weighted by molar-refractivity contribution is -0.144. The van der Waals surface area contributed by atoms with E-state index in [-0.39, 0.29) is 17.9 Å². The minimum Gasteiger partial charge on any atom is -0.481 e. The first-order chi connectivity index (χ1) is 9.58. The highest BCUT2D eigenvalue weighted by Crippen LogP contribution is 2.29. The minimum atomic E-state index is -0.728. The van der Waals surface area contributed by atoms with Crippen LogP contribution in [0.4, 0.5) is 4.79 Å². The molecule has 20 heavy (non-hydrogen) atoms. The van der Waals surface area contributed by atoms with Crippen LogP contribution in [0.1, 0.15) is 32.1 Å². The SMILES string of the molecule is O=C(O)[C@@H]1CCCC[C@@H]1CNC(=O)N1CC=C(Br)CC1. The topological polar surface area (TPSA) is 69.6 Å². The molecule has 6 heteroatoms. The van der Waals surface area contributed by atoms with Crippen LogP contribution in [0.2, 0.25) is 0 Å². The quantitative estimate of drug-likeness (QED) is 0.826. The van der Waals surface area contributed by atoms with Gasteiger partial charge in [0.15, 0.2) is 0 Å². The maximum atomic E-state index is 12.0. The van der Waals surface area contributed by atoms with E-state index in [0.29, 0.717) is 19.6 Å². The molecule has 5 nitrogen and oxygen atoms in total. The van der Waals surface area contributed by atoms with Gasteiger partial charge in [-0.05, 0) is 29.7 Å². The Morgan fingerprint density at radius 2 is 2.15 bits per heavy atom. The van der Waals surface area contributed by atoms with Crippen LogP contribution < -0.4 is 5.32 Å². The van der Waals surface area contributed by atoms with Crippen molar-refractivity contribution in [2.45, 2.75) is 32.1 Å². The summed E-state index contributed by atoms with van der Waals surface area (Å²) < 4.78 is 1.14. The van der Waals surface area contributed by atoms with E-state index in [4.69, 9.17) is 0 Å². The molecular weight excluding hydrogens is 324 g/mol. The lowest BCUT2D eigenvalue weighted by Crippen LogP contribution is -2.45. The Morgan fingerprint density at radius 1 is 1.40 bits per heavy atom. The third-order valence-corrected chi connectivity index (χ3v) is 4.90. The van der Waals surface area contributed by atoms with Crippen molar-refractivity contribution in [1.29, 1.82) is 0 Å². The largest absolute Gasteiger partial charge is 0.481 e. The Labute approximate surface area is 127 Å². The number of carboxylic acids is 1. The van der Waals surface area contributed by atoms with E-state index in [1.54, 1.807) is 4.90 Å². The van der Waals surface area contributed by atoms with Gasteiger partial charge in [0.25, 0.3) is 0 Å². The van der Waals surface area contributed by atoms with Crippen LogP contribution in [-0.2, 0) is 4.79 Å². The summed E-state index contributed by atoms with van der Waals surface area (Å²) in [7, 11) is 0. The lowest BCUT2D eigenvalue weighted by atomic mass is 9.79. The zero-order chi connectivity index (χ0) is 14.5. The van der Waals surface area contributed by atoms with Gasteiger partial charge >= 0.3 is 12.0 Å². The van der Waals surface area contributed by atoms with Crippen molar-refractivity contribution >= 4 is 27.9 Å². The lowest BCUT2D eigenvalue weighted by Gasteiger charge is -2.30. The molecule has 112 valence electrons. The molecule has 2 atom stereocenters. The molecular formula is C14H21BrN2O3. The molecule has 2 rings (SSSR count). The van der Waals surface area contributed by atoms with Gasteiger partial charge in [-0.15, -0.1) is 0 Å². The molecule has 0 bridgehead atoms. The number of hydrogen-bond donors (Lipinski definition) is 2. The average Bonchev–Trinajstić information content (AvgIpc) is 2.45. The predicted molar refractivity (Wildman–Crippen MR) is 79.7 cm³/mol. The van der Waals surface area contributed by atoms with Gasteiger partial charge < -0.3 is 15.3 Å². The molecule has 1 aliphatic heterocycles. The molecule has 0 unspecified atom stereocenters. The molecule has 0 aromatic carbocycles. The van der Waals surface area contributed by atoms with Gasteiger partial charge in [-0.25, -0.2) is 4.79 Å². The Balaban J connectivity index is 1.81. The van der Waals surface area contributed by atoms with E-state index in [9.17, 15) is 14.7 Å². The molecule has 2 aliphatic rings. The zero-order valence-electron chi connectivity index (χ0n) is 11.5. The van der Waals surface area contributed by atoms with E-state index in [0.717, 1.165) is 36.6 Å². The number of carboxylic acid groups (broad SMARTS) is 1. The molecule has 0 aromatic rings. The summed E-state index contributed by atoms with van der Waals surface area (Å²) in [6, 6.07) is -0.0871. The Kier molecular flexibility index (Phi) is 5.46. The number of aliphatic carboxylic acids is 1. The van der Waals surface area contributed by atoms with Gasteiger partial charge in [0.05, 0.1) is 5.92 Å². The fourth-order valence-electron chi connectivity index (χ4n) is 2.94. The van der Waals surface area contributed by atoms with E-state index in [2.05, 4.69) is 21.2 Å². The van der Waals surface area contributed by atoms with Crippen molar-refractivity contribution in [2.24, 2.45) is 11.8 Å². The highest BCUT2D eigenvalue weighted by Gasteiger charge is 2.31. The Hall–Kier alpha value is -1.04. The molecule has 1 saturated carbocycles. The maximum Gasteiger partial charge on any atom is 0.317 e. The summed E-state index contributed by atoms with van der Waals surface area (Å²) in [6.45, 7) is 1.78. The first-order valence-corrected chi connectivity index (χ1v) is 7.97. The smallest absolute Gasteiger partial charge is 0.317 e. The second-order valence-corrected chi connectivity index (χ2v) is 6.54. The molecule has 1 heterocycles. The van der Waals surface area contributed by atoms with Gasteiger partial charge in [0.1, 0.15) is 0 Å². The Bertz CT molecular complexity index is 411. The summed E-state index contributed by atoms with van der Waals surface area (Å²) >= 11 is 3.43. The average molecular weight is 345 g/mol. The fraction of sp³-hybridized carbons (Fsp3) is 0.714. The van der Waals surface area contributed by atoms with Crippen molar-refractivity contribution < 1.29 is 14.7 Å². The van der Waals surface area contributed by atoms with Crippen molar-refractivity contribution in [3.63, 3.8) is 0 Å². The Morgan fingerprint density at radius 3 is 2.80 bits per heavy atom. The molecule has 0 radical (unpaired) electrons. The fourth-order valence-corrected chi connectivity index (χ4v) is 3.26. The predicted octanol–water partition coefficient (Wildman–Crippen LogP) is 2.57. The number of halogens is 1. The molecule has 2 N–H and O–H groups in total. The number of nitrogens with one attached hydrogen (secondary N) is 1. The van der Waals surface area contributed by atoms with Gasteiger partial charge in [0.2, 0.25) is 0 Å². The highest BCUT2D eigenvalue weighted by atomic mass is 79.9. The highest BCUT2D eigenvalue weighted by molar-refractivity contribution is 9.11. The summed E-state index contributed by atoms with van der Waals surface area (Å²) in [4.78, 5) is 25.0. The monoisotopic (exact) mass is 344 g/mol. The normalized spacial score (nSPS) is 26.9. The number of carbonyl (C=O) groups is 2. The van der Waals surface area contributed by atoms with Gasteiger partial charge in [-0.1, -0.05) is 34.8 Å². The van der Waals surface area contributed by atoms with Crippen LogP contribution in [0, 0.1) is 11.8 Å². The summed E-state index contributed by atoms with van der Waals surface area (Å²) in [6.07, 6.45) is 6.49.